The van der Waals surface area contributed by atoms with Gasteiger partial charge in [0.15, 0.2) is 0 Å². The van der Waals surface area contributed by atoms with Crippen LogP contribution in [0.1, 0.15) is 34.7 Å². The van der Waals surface area contributed by atoms with Crippen molar-refractivity contribution in [3.8, 4) is 6.07 Å². The fourth-order valence-electron chi connectivity index (χ4n) is 2.74. The summed E-state index contributed by atoms with van der Waals surface area (Å²) in [5.41, 5.74) is 5.79. The molecule has 0 saturated heterocycles. The van der Waals surface area contributed by atoms with Crippen LogP contribution in [-0.2, 0) is 6.42 Å². The topological polar surface area (TPSA) is 35.8 Å². The van der Waals surface area contributed by atoms with E-state index in [1.165, 1.54) is 16.7 Å². The number of hydrogen-bond donors (Lipinski definition) is 1. The molecule has 1 unspecified atom stereocenters. The number of rotatable bonds is 2. The second kappa shape index (κ2) is 4.78. The lowest BCUT2D eigenvalue weighted by atomic mass is 10.1. The summed E-state index contributed by atoms with van der Waals surface area (Å²) < 4.78 is 0. The van der Waals surface area contributed by atoms with Crippen LogP contribution in [0, 0.1) is 18.3 Å². The number of anilines is 1. The number of nitrogens with zero attached hydrogens (tertiary/aromatic N) is 1. The standard InChI is InChI=1S/C17H16N2/c1-12-6-7-13(11-18)10-17(12)19-16-9-8-14-4-2-3-5-15(14)16/h2-7,10,16,19H,8-9H2,1H3. The summed E-state index contributed by atoms with van der Waals surface area (Å²) in [4.78, 5) is 0. The van der Waals surface area contributed by atoms with Gasteiger partial charge in [-0.15, -0.1) is 0 Å². The van der Waals surface area contributed by atoms with Crippen molar-refractivity contribution in [1.29, 1.82) is 5.26 Å². The molecule has 19 heavy (non-hydrogen) atoms. The Morgan fingerprint density at radius 2 is 2.05 bits per heavy atom. The van der Waals surface area contributed by atoms with Gasteiger partial charge in [0, 0.05) is 5.69 Å². The van der Waals surface area contributed by atoms with Gasteiger partial charge in [-0.1, -0.05) is 30.3 Å². The zero-order valence-electron chi connectivity index (χ0n) is 11.0. The van der Waals surface area contributed by atoms with E-state index in [1.54, 1.807) is 0 Å². The zero-order valence-corrected chi connectivity index (χ0v) is 11.0. The minimum Gasteiger partial charge on any atom is -0.378 e. The highest BCUT2D eigenvalue weighted by molar-refractivity contribution is 5.57. The van der Waals surface area contributed by atoms with Gasteiger partial charge < -0.3 is 5.32 Å². The van der Waals surface area contributed by atoms with E-state index in [2.05, 4.69) is 42.6 Å². The average Bonchev–Trinajstić information content (AvgIpc) is 2.85. The fourth-order valence-corrected chi connectivity index (χ4v) is 2.74. The Morgan fingerprint density at radius 3 is 2.89 bits per heavy atom. The second-order valence-corrected chi connectivity index (χ2v) is 5.08. The molecule has 3 rings (SSSR count). The molecule has 2 heteroatoms. The highest BCUT2D eigenvalue weighted by Gasteiger charge is 2.21. The molecule has 0 heterocycles. The number of benzene rings is 2. The van der Waals surface area contributed by atoms with E-state index in [9.17, 15) is 0 Å². The normalized spacial score (nSPS) is 16.7. The van der Waals surface area contributed by atoms with Crippen LogP contribution in [0.2, 0.25) is 0 Å². The Labute approximate surface area is 113 Å². The van der Waals surface area contributed by atoms with Crippen LogP contribution in [0.25, 0.3) is 0 Å². The van der Waals surface area contributed by atoms with E-state index in [-0.39, 0.29) is 0 Å². The summed E-state index contributed by atoms with van der Waals surface area (Å²) in [6.07, 6.45) is 2.25. The molecule has 0 spiro atoms. The molecule has 0 aliphatic heterocycles. The third kappa shape index (κ3) is 2.20. The number of nitriles is 1. The minimum atomic E-state index is 0.365. The van der Waals surface area contributed by atoms with E-state index < -0.39 is 0 Å². The highest BCUT2D eigenvalue weighted by Crippen LogP contribution is 2.34. The third-order valence-electron chi connectivity index (χ3n) is 3.83. The first-order valence-corrected chi connectivity index (χ1v) is 6.63. The Bertz CT molecular complexity index is 653. The van der Waals surface area contributed by atoms with E-state index in [0.29, 0.717) is 11.6 Å². The summed E-state index contributed by atoms with van der Waals surface area (Å²) in [7, 11) is 0. The molecule has 0 bridgehead atoms. The van der Waals surface area contributed by atoms with Crippen LogP contribution in [0.5, 0.6) is 0 Å². The minimum absolute atomic E-state index is 0.365. The molecule has 2 nitrogen and oxygen atoms in total. The number of fused-ring (bicyclic) bond motifs is 1. The summed E-state index contributed by atoms with van der Waals surface area (Å²) in [5.74, 6) is 0. The van der Waals surface area contributed by atoms with E-state index in [1.807, 2.05) is 18.2 Å². The van der Waals surface area contributed by atoms with Crippen LogP contribution in [0.15, 0.2) is 42.5 Å². The van der Waals surface area contributed by atoms with Gasteiger partial charge in [0.1, 0.15) is 0 Å². The SMILES string of the molecule is Cc1ccc(C#N)cc1NC1CCc2ccccc21. The predicted octanol–water partition coefficient (Wildman–Crippen LogP) is 3.97. The molecule has 2 aromatic rings. The molecule has 0 radical (unpaired) electrons. The largest absolute Gasteiger partial charge is 0.378 e. The summed E-state index contributed by atoms with van der Waals surface area (Å²) in [5, 5.41) is 12.6. The summed E-state index contributed by atoms with van der Waals surface area (Å²) in [6.45, 7) is 2.07. The van der Waals surface area contributed by atoms with Crippen molar-refractivity contribution in [1.82, 2.24) is 0 Å². The molecule has 0 amide bonds. The molecule has 94 valence electrons. The van der Waals surface area contributed by atoms with Gasteiger partial charge in [-0.05, 0) is 48.6 Å². The van der Waals surface area contributed by atoms with E-state index >= 15 is 0 Å². The van der Waals surface area contributed by atoms with Crippen molar-refractivity contribution >= 4 is 5.69 Å². The molecule has 0 saturated carbocycles. The van der Waals surface area contributed by atoms with Gasteiger partial charge >= 0.3 is 0 Å². The molecular formula is C17H16N2. The average molecular weight is 248 g/mol. The highest BCUT2D eigenvalue weighted by atomic mass is 14.9. The van der Waals surface area contributed by atoms with Gasteiger partial charge in [-0.3, -0.25) is 0 Å². The van der Waals surface area contributed by atoms with Crippen LogP contribution < -0.4 is 5.32 Å². The van der Waals surface area contributed by atoms with Gasteiger partial charge in [0.2, 0.25) is 0 Å². The van der Waals surface area contributed by atoms with Crippen molar-refractivity contribution in [3.63, 3.8) is 0 Å². The molecule has 1 atom stereocenters. The van der Waals surface area contributed by atoms with Crippen LogP contribution >= 0.6 is 0 Å². The second-order valence-electron chi connectivity index (χ2n) is 5.08. The molecule has 1 aliphatic rings. The zero-order chi connectivity index (χ0) is 13.2. The Morgan fingerprint density at radius 1 is 1.21 bits per heavy atom. The van der Waals surface area contributed by atoms with Crippen molar-refractivity contribution < 1.29 is 0 Å². The van der Waals surface area contributed by atoms with Gasteiger partial charge in [0.25, 0.3) is 0 Å². The van der Waals surface area contributed by atoms with E-state index in [4.69, 9.17) is 5.26 Å². The van der Waals surface area contributed by atoms with Crippen molar-refractivity contribution in [2.24, 2.45) is 0 Å². The Kier molecular flexibility index (Phi) is 2.97. The number of nitrogens with one attached hydrogen (secondary N) is 1. The third-order valence-corrected chi connectivity index (χ3v) is 3.83. The lowest BCUT2D eigenvalue weighted by molar-refractivity contribution is 0.761. The van der Waals surface area contributed by atoms with Gasteiger partial charge in [-0.25, -0.2) is 0 Å². The van der Waals surface area contributed by atoms with Crippen molar-refractivity contribution in [2.45, 2.75) is 25.8 Å². The summed E-state index contributed by atoms with van der Waals surface area (Å²) >= 11 is 0. The fraction of sp³-hybridized carbons (Fsp3) is 0.235. The Balaban J connectivity index is 1.89. The maximum atomic E-state index is 8.99. The predicted molar refractivity (Wildman–Crippen MR) is 77.0 cm³/mol. The summed E-state index contributed by atoms with van der Waals surface area (Å²) in [6, 6.07) is 17.0. The van der Waals surface area contributed by atoms with Crippen LogP contribution in [0.3, 0.4) is 0 Å². The Hall–Kier alpha value is -2.27. The molecule has 2 aromatic carbocycles. The first-order chi connectivity index (χ1) is 9.28. The smallest absolute Gasteiger partial charge is 0.0992 e. The van der Waals surface area contributed by atoms with Crippen molar-refractivity contribution in [2.75, 3.05) is 5.32 Å². The van der Waals surface area contributed by atoms with Crippen LogP contribution in [0.4, 0.5) is 5.69 Å². The lowest BCUT2D eigenvalue weighted by Gasteiger charge is -2.17. The first kappa shape index (κ1) is 11.8. The quantitative estimate of drug-likeness (QED) is 0.873. The lowest BCUT2D eigenvalue weighted by Crippen LogP contribution is -2.08. The first-order valence-electron chi connectivity index (χ1n) is 6.63. The number of hydrogen-bond acceptors (Lipinski definition) is 2. The molecular weight excluding hydrogens is 232 g/mol. The van der Waals surface area contributed by atoms with Gasteiger partial charge in [0.05, 0.1) is 17.7 Å². The maximum absolute atomic E-state index is 8.99. The molecule has 1 aliphatic carbocycles. The van der Waals surface area contributed by atoms with Gasteiger partial charge in [-0.2, -0.15) is 5.26 Å². The van der Waals surface area contributed by atoms with Crippen LogP contribution in [-0.4, -0.2) is 0 Å². The monoisotopic (exact) mass is 248 g/mol. The molecule has 0 aromatic heterocycles. The maximum Gasteiger partial charge on any atom is 0.0992 e. The molecule has 1 N–H and O–H groups in total. The number of aryl methyl sites for hydroxylation is 2. The van der Waals surface area contributed by atoms with Crippen molar-refractivity contribution in [3.05, 3.63) is 64.7 Å². The molecule has 0 fully saturated rings. The van der Waals surface area contributed by atoms with E-state index in [0.717, 1.165) is 18.5 Å².